The zero-order valence-corrected chi connectivity index (χ0v) is 17.1. The van der Waals surface area contributed by atoms with Crippen molar-refractivity contribution in [2.45, 2.75) is 17.7 Å². The van der Waals surface area contributed by atoms with Crippen LogP contribution in [0.5, 0.6) is 17.2 Å². The maximum Gasteiger partial charge on any atom is 0.243 e. The van der Waals surface area contributed by atoms with Gasteiger partial charge in [0.25, 0.3) is 0 Å². The predicted octanol–water partition coefficient (Wildman–Crippen LogP) is 3.09. The van der Waals surface area contributed by atoms with Crippen molar-refractivity contribution >= 4 is 21.9 Å². The van der Waals surface area contributed by atoms with Gasteiger partial charge in [0.05, 0.1) is 19.1 Å². The first-order chi connectivity index (χ1) is 13.9. The molecule has 0 atom stereocenters. The van der Waals surface area contributed by atoms with Crippen molar-refractivity contribution in [3.63, 3.8) is 0 Å². The number of allylic oxidation sites excluding steroid dienone is 1. The van der Waals surface area contributed by atoms with Crippen molar-refractivity contribution in [2.24, 2.45) is 0 Å². The van der Waals surface area contributed by atoms with Crippen molar-refractivity contribution in [1.82, 2.24) is 4.31 Å². The van der Waals surface area contributed by atoms with Gasteiger partial charge in [0.15, 0.2) is 17.3 Å². The Morgan fingerprint density at radius 1 is 1.03 bits per heavy atom. The molecule has 0 spiro atoms. The summed E-state index contributed by atoms with van der Waals surface area (Å²) in [5.41, 5.74) is 0.984. The average molecular weight is 417 g/mol. The molecular formula is C21H23NO6S. The molecule has 1 aliphatic heterocycles. The van der Waals surface area contributed by atoms with Crippen LogP contribution in [0.1, 0.15) is 28.8 Å². The molecule has 0 unspecified atom stereocenters. The molecule has 1 aliphatic rings. The molecule has 0 saturated carbocycles. The summed E-state index contributed by atoms with van der Waals surface area (Å²) >= 11 is 0. The highest BCUT2D eigenvalue weighted by atomic mass is 32.2. The van der Waals surface area contributed by atoms with Gasteiger partial charge in [-0.05, 0) is 60.9 Å². The van der Waals surface area contributed by atoms with Crippen molar-refractivity contribution in [1.29, 1.82) is 0 Å². The Morgan fingerprint density at radius 2 is 1.59 bits per heavy atom. The van der Waals surface area contributed by atoms with E-state index >= 15 is 0 Å². The molecule has 0 radical (unpaired) electrons. The summed E-state index contributed by atoms with van der Waals surface area (Å²) in [4.78, 5) is 12.6. The number of hydrogen-bond donors (Lipinski definition) is 1. The lowest BCUT2D eigenvalue weighted by Gasteiger charge is -2.15. The van der Waals surface area contributed by atoms with Crippen LogP contribution in [0.3, 0.4) is 0 Å². The van der Waals surface area contributed by atoms with Gasteiger partial charge in [-0.25, -0.2) is 8.42 Å². The third-order valence-corrected chi connectivity index (χ3v) is 6.68. The van der Waals surface area contributed by atoms with Crippen LogP contribution in [0.4, 0.5) is 0 Å². The highest BCUT2D eigenvalue weighted by Crippen LogP contribution is 2.37. The topological polar surface area (TPSA) is 93.1 Å². The summed E-state index contributed by atoms with van der Waals surface area (Å²) in [5, 5.41) is 9.95. The molecule has 3 rings (SSSR count). The molecule has 1 fully saturated rings. The van der Waals surface area contributed by atoms with E-state index < -0.39 is 10.0 Å². The van der Waals surface area contributed by atoms with Crippen LogP contribution >= 0.6 is 0 Å². The number of aromatic hydroxyl groups is 1. The van der Waals surface area contributed by atoms with Crippen molar-refractivity contribution in [2.75, 3.05) is 27.3 Å². The molecule has 2 aromatic carbocycles. The monoisotopic (exact) mass is 417 g/mol. The predicted molar refractivity (Wildman–Crippen MR) is 109 cm³/mol. The number of carbonyl (C=O) groups is 1. The molecule has 29 heavy (non-hydrogen) atoms. The summed E-state index contributed by atoms with van der Waals surface area (Å²) in [6.45, 7) is 1.07. The van der Waals surface area contributed by atoms with Gasteiger partial charge in [-0.2, -0.15) is 4.31 Å². The first-order valence-electron chi connectivity index (χ1n) is 9.14. The number of phenolic OH excluding ortho intramolecular Hbond substituents is 1. The van der Waals surface area contributed by atoms with Gasteiger partial charge in [0.2, 0.25) is 15.8 Å². The number of methoxy groups -OCH3 is 2. The van der Waals surface area contributed by atoms with Gasteiger partial charge in [0, 0.05) is 18.7 Å². The summed E-state index contributed by atoms with van der Waals surface area (Å²) in [6.07, 6.45) is 4.68. The molecule has 1 saturated heterocycles. The molecule has 0 aliphatic carbocycles. The normalized spacial score (nSPS) is 15.0. The lowest BCUT2D eigenvalue weighted by molar-refractivity contribution is 0.104. The lowest BCUT2D eigenvalue weighted by atomic mass is 10.1. The molecule has 7 nitrogen and oxygen atoms in total. The van der Waals surface area contributed by atoms with Gasteiger partial charge in [-0.15, -0.1) is 0 Å². The van der Waals surface area contributed by atoms with E-state index in [1.807, 2.05) is 0 Å². The first kappa shape index (κ1) is 20.9. The van der Waals surface area contributed by atoms with Gasteiger partial charge in [0.1, 0.15) is 0 Å². The molecule has 1 N–H and O–H groups in total. The summed E-state index contributed by atoms with van der Waals surface area (Å²) in [5.74, 6) is 0.0650. The fraction of sp³-hybridized carbons (Fsp3) is 0.286. The number of carbonyl (C=O) groups excluding carboxylic acids is 1. The van der Waals surface area contributed by atoms with Crippen LogP contribution in [0, 0.1) is 0 Å². The van der Waals surface area contributed by atoms with Crippen LogP contribution in [0.2, 0.25) is 0 Å². The Morgan fingerprint density at radius 3 is 2.10 bits per heavy atom. The number of hydrogen-bond acceptors (Lipinski definition) is 6. The molecule has 0 amide bonds. The SMILES string of the molecule is COc1cc(/C=C/C(=O)c2ccc(S(=O)(=O)N3CCCC3)cc2)cc(OC)c1O. The second-order valence-corrected chi connectivity index (χ2v) is 8.55. The third-order valence-electron chi connectivity index (χ3n) is 4.77. The number of ketones is 1. The van der Waals surface area contributed by atoms with Crippen LogP contribution in [-0.4, -0.2) is 50.9 Å². The van der Waals surface area contributed by atoms with Crippen molar-refractivity contribution in [3.05, 3.63) is 53.6 Å². The number of sulfonamides is 1. The van der Waals surface area contributed by atoms with Crippen molar-refractivity contribution < 1.29 is 27.8 Å². The molecule has 0 aromatic heterocycles. The smallest absolute Gasteiger partial charge is 0.243 e. The average Bonchev–Trinajstić information content (AvgIpc) is 3.28. The number of benzene rings is 2. The van der Waals surface area contributed by atoms with Gasteiger partial charge < -0.3 is 14.6 Å². The second-order valence-electron chi connectivity index (χ2n) is 6.61. The first-order valence-corrected chi connectivity index (χ1v) is 10.6. The van der Waals surface area contributed by atoms with Crippen LogP contribution in [-0.2, 0) is 10.0 Å². The Hall–Kier alpha value is -2.84. The fourth-order valence-electron chi connectivity index (χ4n) is 3.15. The van der Waals surface area contributed by atoms with E-state index in [0.29, 0.717) is 24.2 Å². The van der Waals surface area contributed by atoms with E-state index in [1.54, 1.807) is 18.2 Å². The fourth-order valence-corrected chi connectivity index (χ4v) is 4.66. The molecule has 2 aromatic rings. The van der Waals surface area contributed by atoms with Crippen LogP contribution < -0.4 is 9.47 Å². The van der Waals surface area contributed by atoms with Crippen LogP contribution in [0.25, 0.3) is 6.08 Å². The van der Waals surface area contributed by atoms with Gasteiger partial charge >= 0.3 is 0 Å². The Kier molecular flexibility index (Phi) is 6.24. The molecule has 0 bridgehead atoms. The zero-order valence-electron chi connectivity index (χ0n) is 16.3. The summed E-state index contributed by atoms with van der Waals surface area (Å²) in [7, 11) is -0.660. The standard InChI is InChI=1S/C21H23NO6S/c1-27-19-13-15(14-20(28-2)21(19)24)5-10-18(23)16-6-8-17(9-7-16)29(25,26)22-11-3-4-12-22/h5-10,13-14,24H,3-4,11-12H2,1-2H3/b10-5+. The van der Waals surface area contributed by atoms with E-state index in [1.165, 1.54) is 48.9 Å². The number of nitrogens with zero attached hydrogens (tertiary/aromatic N) is 1. The van der Waals surface area contributed by atoms with Crippen LogP contribution in [0.15, 0.2) is 47.4 Å². The molecule has 1 heterocycles. The number of phenols is 1. The Bertz CT molecular complexity index is 997. The van der Waals surface area contributed by atoms with E-state index in [9.17, 15) is 18.3 Å². The minimum atomic E-state index is -3.50. The highest BCUT2D eigenvalue weighted by molar-refractivity contribution is 7.89. The maximum atomic E-state index is 12.6. The Labute approximate surface area is 170 Å². The minimum absolute atomic E-state index is 0.117. The van der Waals surface area contributed by atoms with Gasteiger partial charge in [-0.3, -0.25) is 4.79 Å². The van der Waals surface area contributed by atoms with E-state index in [0.717, 1.165) is 12.8 Å². The second kappa shape index (κ2) is 8.67. The lowest BCUT2D eigenvalue weighted by Crippen LogP contribution is -2.27. The zero-order chi connectivity index (χ0) is 21.0. The molecule has 8 heteroatoms. The van der Waals surface area contributed by atoms with E-state index in [4.69, 9.17) is 9.47 Å². The largest absolute Gasteiger partial charge is 0.502 e. The van der Waals surface area contributed by atoms with E-state index in [2.05, 4.69) is 0 Å². The third kappa shape index (κ3) is 4.44. The quantitative estimate of drug-likeness (QED) is 0.550. The summed E-state index contributed by atoms with van der Waals surface area (Å²) in [6, 6.07) is 9.09. The maximum absolute atomic E-state index is 12.6. The summed E-state index contributed by atoms with van der Waals surface area (Å²) < 4.78 is 36.8. The molecule has 154 valence electrons. The highest BCUT2D eigenvalue weighted by Gasteiger charge is 2.27. The minimum Gasteiger partial charge on any atom is -0.502 e. The number of rotatable bonds is 7. The number of ether oxygens (including phenoxy) is 2. The van der Waals surface area contributed by atoms with Gasteiger partial charge in [-0.1, -0.05) is 6.08 Å². The van der Waals surface area contributed by atoms with Crippen molar-refractivity contribution in [3.8, 4) is 17.2 Å². The van der Waals surface area contributed by atoms with E-state index in [-0.39, 0.29) is 27.9 Å². The molecular weight excluding hydrogens is 394 g/mol. The Balaban J connectivity index is 1.78.